The van der Waals surface area contributed by atoms with Gasteiger partial charge < -0.3 is 30.1 Å². The van der Waals surface area contributed by atoms with E-state index in [2.05, 4.69) is 41.5 Å². The maximum Gasteiger partial charge on any atom is 0.474 e. The van der Waals surface area contributed by atoms with Crippen molar-refractivity contribution in [2.45, 2.75) is 188 Å². The lowest BCUT2D eigenvalue weighted by Gasteiger charge is -2.39. The Balaban J connectivity index is 2.08. The van der Waals surface area contributed by atoms with Crippen molar-refractivity contribution >= 4 is 7.82 Å². The molecule has 1 aliphatic rings. The zero-order valence-corrected chi connectivity index (χ0v) is 31.1. The number of hydrogen-bond donors (Lipinski definition) is 5. The molecule has 11 atom stereocenters. The molecule has 46 heavy (non-hydrogen) atoms. The Kier molecular flexibility index (Phi) is 23.8. The highest BCUT2D eigenvalue weighted by atomic mass is 31.2. The molecule has 1 rings (SSSR count). The van der Waals surface area contributed by atoms with Crippen molar-refractivity contribution in [3.63, 3.8) is 0 Å². The summed E-state index contributed by atoms with van der Waals surface area (Å²) in [5, 5.41) is 38.9. The second-order valence-electron chi connectivity index (χ2n) is 15.0. The fraction of sp³-hybridized carbons (Fsp3) is 1.00. The van der Waals surface area contributed by atoms with Gasteiger partial charge >= 0.3 is 7.82 Å². The van der Waals surface area contributed by atoms with Crippen LogP contribution in [-0.2, 0) is 18.3 Å². The summed E-state index contributed by atoms with van der Waals surface area (Å²) in [5.41, 5.74) is 0. The Bertz CT molecular complexity index is 785. The van der Waals surface area contributed by atoms with Gasteiger partial charge in [0.15, 0.2) is 6.29 Å². The second-order valence-corrected chi connectivity index (χ2v) is 16.4. The molecule has 1 saturated heterocycles. The van der Waals surface area contributed by atoms with Crippen LogP contribution in [0.3, 0.4) is 0 Å². The SMILES string of the molecule is CCCCC[C@H](C)CCCC(C)CCCC(C)CCC[C@H](C)CCC[C@H](C)CCCOP(=O)(O)O[C@@H]1O[C@H](CO)[C@@H](O)[C@H](O)[C@@H]1O. The van der Waals surface area contributed by atoms with Crippen LogP contribution in [0.4, 0.5) is 0 Å². The van der Waals surface area contributed by atoms with Crippen LogP contribution in [0.1, 0.15) is 157 Å². The number of ether oxygens (including phenoxy) is 1. The van der Waals surface area contributed by atoms with Gasteiger partial charge in [0.05, 0.1) is 13.2 Å². The topological polar surface area (TPSA) is 146 Å². The average Bonchev–Trinajstić information content (AvgIpc) is 2.99. The van der Waals surface area contributed by atoms with E-state index in [9.17, 15) is 29.9 Å². The minimum Gasteiger partial charge on any atom is -0.394 e. The maximum atomic E-state index is 12.3. The molecule has 0 aromatic rings. The van der Waals surface area contributed by atoms with Crippen LogP contribution in [0.15, 0.2) is 0 Å². The van der Waals surface area contributed by atoms with Gasteiger partial charge in [-0.1, -0.05) is 144 Å². The summed E-state index contributed by atoms with van der Waals surface area (Å²) < 4.78 is 27.3. The van der Waals surface area contributed by atoms with Crippen LogP contribution in [0.5, 0.6) is 0 Å². The van der Waals surface area contributed by atoms with Crippen LogP contribution in [0.2, 0.25) is 0 Å². The van der Waals surface area contributed by atoms with E-state index in [1.54, 1.807) is 0 Å². The third-order valence-electron chi connectivity index (χ3n) is 10.1. The Labute approximate surface area is 281 Å². The van der Waals surface area contributed by atoms with E-state index >= 15 is 0 Å². The van der Waals surface area contributed by atoms with Gasteiger partial charge in [-0.3, -0.25) is 9.05 Å². The van der Waals surface area contributed by atoms with Crippen molar-refractivity contribution in [2.75, 3.05) is 13.2 Å². The number of phosphoric acid groups is 1. The van der Waals surface area contributed by atoms with E-state index in [0.29, 0.717) is 12.3 Å². The smallest absolute Gasteiger partial charge is 0.394 e. The summed E-state index contributed by atoms with van der Waals surface area (Å²) in [6, 6.07) is 0. The monoisotopic (exact) mass is 680 g/mol. The van der Waals surface area contributed by atoms with Crippen LogP contribution in [0, 0.1) is 29.6 Å². The number of phosphoric ester groups is 1. The van der Waals surface area contributed by atoms with Gasteiger partial charge in [-0.2, -0.15) is 0 Å². The minimum absolute atomic E-state index is 0.00150. The number of unbranched alkanes of at least 4 members (excludes halogenated alkanes) is 2. The van der Waals surface area contributed by atoms with Gasteiger partial charge in [-0.15, -0.1) is 0 Å². The van der Waals surface area contributed by atoms with Crippen molar-refractivity contribution in [3.05, 3.63) is 0 Å². The summed E-state index contributed by atoms with van der Waals surface area (Å²) in [6.45, 7) is 13.5. The van der Waals surface area contributed by atoms with Gasteiger partial charge in [0.2, 0.25) is 0 Å². The molecule has 276 valence electrons. The molecule has 10 heteroatoms. The van der Waals surface area contributed by atoms with Crippen LogP contribution in [0.25, 0.3) is 0 Å². The lowest BCUT2D eigenvalue weighted by molar-refractivity contribution is -0.281. The van der Waals surface area contributed by atoms with Crippen molar-refractivity contribution in [2.24, 2.45) is 29.6 Å². The summed E-state index contributed by atoms with van der Waals surface area (Å²) in [7, 11) is -4.58. The molecule has 5 N–H and O–H groups in total. The van der Waals surface area contributed by atoms with Crippen LogP contribution < -0.4 is 0 Å². The summed E-state index contributed by atoms with van der Waals surface area (Å²) in [4.78, 5) is 10.0. The molecule has 0 amide bonds. The lowest BCUT2D eigenvalue weighted by atomic mass is 9.89. The summed E-state index contributed by atoms with van der Waals surface area (Å²) >= 11 is 0. The van der Waals surface area contributed by atoms with Gasteiger partial charge in [-0.25, -0.2) is 4.57 Å². The number of rotatable bonds is 28. The number of hydrogen-bond acceptors (Lipinski definition) is 8. The molecule has 0 saturated carbocycles. The molecule has 1 aliphatic heterocycles. The molecule has 1 fully saturated rings. The molecule has 0 aliphatic carbocycles. The molecule has 0 spiro atoms. The first-order valence-corrected chi connectivity index (χ1v) is 20.2. The summed E-state index contributed by atoms with van der Waals surface area (Å²) in [6.07, 6.45) is 14.7. The second kappa shape index (κ2) is 25.0. The highest BCUT2D eigenvalue weighted by Crippen LogP contribution is 2.46. The van der Waals surface area contributed by atoms with Crippen molar-refractivity contribution in [1.29, 1.82) is 0 Å². The van der Waals surface area contributed by atoms with Gasteiger partial charge in [0, 0.05) is 0 Å². The fourth-order valence-corrected chi connectivity index (χ4v) is 7.51. The van der Waals surface area contributed by atoms with Gasteiger partial charge in [-0.05, 0) is 42.4 Å². The van der Waals surface area contributed by atoms with Crippen molar-refractivity contribution in [1.82, 2.24) is 0 Å². The molecule has 9 nitrogen and oxygen atoms in total. The van der Waals surface area contributed by atoms with Crippen molar-refractivity contribution in [3.8, 4) is 0 Å². The first-order valence-electron chi connectivity index (χ1n) is 18.8. The van der Waals surface area contributed by atoms with Gasteiger partial charge in [0.1, 0.15) is 24.4 Å². The normalized spacial score (nSPS) is 26.7. The third-order valence-corrected chi connectivity index (χ3v) is 11.0. The minimum atomic E-state index is -4.58. The highest BCUT2D eigenvalue weighted by molar-refractivity contribution is 7.47. The predicted octanol–water partition coefficient (Wildman–Crippen LogP) is 8.14. The van der Waals surface area contributed by atoms with E-state index < -0.39 is 45.1 Å². The largest absolute Gasteiger partial charge is 0.474 e. The molecular weight excluding hydrogens is 607 g/mol. The van der Waals surface area contributed by atoms with Crippen LogP contribution >= 0.6 is 7.82 Å². The molecule has 3 unspecified atom stereocenters. The fourth-order valence-electron chi connectivity index (χ4n) is 6.65. The Morgan fingerprint density at radius 1 is 0.609 bits per heavy atom. The van der Waals surface area contributed by atoms with E-state index in [0.717, 1.165) is 36.5 Å². The highest BCUT2D eigenvalue weighted by Gasteiger charge is 2.46. The number of aliphatic hydroxyl groups is 4. The molecular formula is C36H73O9P. The van der Waals surface area contributed by atoms with Crippen LogP contribution in [-0.4, -0.2) is 69.2 Å². The Hall–Kier alpha value is -0.0900. The Morgan fingerprint density at radius 3 is 1.39 bits per heavy atom. The molecule has 1 heterocycles. The van der Waals surface area contributed by atoms with E-state index in [1.165, 1.54) is 96.3 Å². The molecule has 0 bridgehead atoms. The predicted molar refractivity (Wildman–Crippen MR) is 185 cm³/mol. The number of aliphatic hydroxyl groups excluding tert-OH is 4. The lowest BCUT2D eigenvalue weighted by Crippen LogP contribution is -2.58. The summed E-state index contributed by atoms with van der Waals surface area (Å²) in [5.74, 6) is 3.77. The Morgan fingerprint density at radius 2 is 1.00 bits per heavy atom. The zero-order valence-electron chi connectivity index (χ0n) is 30.2. The van der Waals surface area contributed by atoms with Gasteiger partial charge in [0.25, 0.3) is 0 Å². The standard InChI is InChI=1S/C36H73O9P/c1-7-8-9-15-27(2)16-10-17-28(3)18-11-19-29(4)20-12-21-30(5)22-13-23-31(6)24-14-25-43-46(41,42)45-36-35(40)34(39)33(38)32(26-37)44-36/h27-40H,7-26H2,1-6H3,(H,41,42)/t27-,28?,29?,30-,31-,32+,33+,34-,35-,36-/m0/s1. The maximum absolute atomic E-state index is 12.3. The average molecular weight is 681 g/mol. The first kappa shape index (κ1) is 43.9. The van der Waals surface area contributed by atoms with Crippen molar-refractivity contribution < 1.29 is 43.7 Å². The first-order chi connectivity index (χ1) is 21.8. The van der Waals surface area contributed by atoms with E-state index in [-0.39, 0.29) is 6.61 Å². The molecule has 0 aromatic heterocycles. The molecule has 0 radical (unpaired) electrons. The molecule has 0 aromatic carbocycles. The third kappa shape index (κ3) is 19.8. The quantitative estimate of drug-likeness (QED) is 0.0408. The van der Waals surface area contributed by atoms with E-state index in [4.69, 9.17) is 13.8 Å². The zero-order chi connectivity index (χ0) is 34.5. The van der Waals surface area contributed by atoms with E-state index in [1.807, 2.05) is 0 Å².